The van der Waals surface area contributed by atoms with Gasteiger partial charge >= 0.3 is 0 Å². The van der Waals surface area contributed by atoms with Crippen molar-refractivity contribution in [2.75, 3.05) is 13.6 Å². The zero-order chi connectivity index (χ0) is 15.7. The molecule has 0 aliphatic carbocycles. The first kappa shape index (κ1) is 14.6. The van der Waals surface area contributed by atoms with Crippen LogP contribution < -0.4 is 5.32 Å². The molecule has 1 aliphatic heterocycles. The standard InChI is InChI=1S/C16H16N4OS/c1-16(15(21)20(2)9-14(22)19-16)13-5-3-4-11(6-13)12-7-17-10-18-8-12/h3-8,10H,9H2,1-2H3,(H,19,22). The number of rotatable bonds is 2. The van der Waals surface area contributed by atoms with Crippen LogP contribution in [0.15, 0.2) is 43.0 Å². The molecule has 1 saturated heterocycles. The van der Waals surface area contributed by atoms with Gasteiger partial charge in [-0.3, -0.25) is 4.79 Å². The third kappa shape index (κ3) is 2.46. The van der Waals surface area contributed by atoms with Gasteiger partial charge in [0.25, 0.3) is 5.91 Å². The van der Waals surface area contributed by atoms with Crippen molar-refractivity contribution in [3.63, 3.8) is 0 Å². The maximum atomic E-state index is 12.6. The molecule has 1 atom stereocenters. The molecule has 0 saturated carbocycles. The maximum absolute atomic E-state index is 12.6. The second-order valence-corrected chi connectivity index (χ2v) is 6.04. The van der Waals surface area contributed by atoms with E-state index in [0.717, 1.165) is 16.7 Å². The van der Waals surface area contributed by atoms with Crippen LogP contribution in [-0.2, 0) is 10.3 Å². The highest BCUT2D eigenvalue weighted by Gasteiger charge is 2.41. The number of benzene rings is 1. The molecule has 0 spiro atoms. The predicted octanol–water partition coefficient (Wildman–Crippen LogP) is 1.75. The molecule has 1 N–H and O–H groups in total. The van der Waals surface area contributed by atoms with Crippen LogP contribution in [0.25, 0.3) is 11.1 Å². The first-order valence-electron chi connectivity index (χ1n) is 6.93. The lowest BCUT2D eigenvalue weighted by Crippen LogP contribution is -2.61. The number of thiocarbonyl (C=S) groups is 1. The van der Waals surface area contributed by atoms with Gasteiger partial charge in [0.1, 0.15) is 11.9 Å². The fourth-order valence-corrected chi connectivity index (χ4v) is 3.09. The number of piperazine rings is 1. The molecule has 1 aromatic heterocycles. The molecule has 112 valence electrons. The number of nitrogens with zero attached hydrogens (tertiary/aromatic N) is 3. The minimum absolute atomic E-state index is 0.00237. The van der Waals surface area contributed by atoms with Crippen molar-refractivity contribution in [1.29, 1.82) is 0 Å². The average molecular weight is 312 g/mol. The first-order valence-corrected chi connectivity index (χ1v) is 7.34. The zero-order valence-corrected chi connectivity index (χ0v) is 13.2. The van der Waals surface area contributed by atoms with E-state index in [1.54, 1.807) is 24.3 Å². The van der Waals surface area contributed by atoms with Crippen molar-refractivity contribution in [2.45, 2.75) is 12.5 Å². The Morgan fingerprint density at radius 1 is 1.27 bits per heavy atom. The Bertz CT molecular complexity index is 734. The molecular formula is C16H16N4OS. The molecule has 2 heterocycles. The van der Waals surface area contributed by atoms with Gasteiger partial charge in [-0.1, -0.05) is 30.4 Å². The van der Waals surface area contributed by atoms with Crippen molar-refractivity contribution in [1.82, 2.24) is 20.2 Å². The SMILES string of the molecule is CN1CC(=S)NC(C)(c2cccc(-c3cncnc3)c2)C1=O. The van der Waals surface area contributed by atoms with Gasteiger partial charge in [-0.25, -0.2) is 9.97 Å². The molecule has 1 unspecified atom stereocenters. The van der Waals surface area contributed by atoms with E-state index in [1.807, 2.05) is 31.2 Å². The highest BCUT2D eigenvalue weighted by molar-refractivity contribution is 7.80. The van der Waals surface area contributed by atoms with Gasteiger partial charge in [0.15, 0.2) is 0 Å². The molecule has 1 aliphatic rings. The molecule has 3 rings (SSSR count). The van der Waals surface area contributed by atoms with Gasteiger partial charge in [0, 0.05) is 25.0 Å². The molecule has 0 radical (unpaired) electrons. The summed E-state index contributed by atoms with van der Waals surface area (Å²) in [5.74, 6) is 0.00237. The summed E-state index contributed by atoms with van der Waals surface area (Å²) in [4.78, 5) is 23.0. The van der Waals surface area contributed by atoms with E-state index in [1.165, 1.54) is 6.33 Å². The Balaban J connectivity index is 2.05. The molecule has 6 heteroatoms. The second-order valence-electron chi connectivity index (χ2n) is 5.54. The van der Waals surface area contributed by atoms with Crippen LogP contribution in [-0.4, -0.2) is 39.4 Å². The van der Waals surface area contributed by atoms with E-state index in [4.69, 9.17) is 12.2 Å². The maximum Gasteiger partial charge on any atom is 0.252 e. The molecule has 1 aromatic carbocycles. The van der Waals surface area contributed by atoms with Crippen molar-refractivity contribution in [2.24, 2.45) is 0 Å². The summed E-state index contributed by atoms with van der Waals surface area (Å²) in [6.45, 7) is 2.31. The topological polar surface area (TPSA) is 58.1 Å². The van der Waals surface area contributed by atoms with Crippen LogP contribution in [0.5, 0.6) is 0 Å². The summed E-state index contributed by atoms with van der Waals surface area (Å²) in [5.41, 5.74) is 1.89. The van der Waals surface area contributed by atoms with E-state index >= 15 is 0 Å². The highest BCUT2D eigenvalue weighted by Crippen LogP contribution is 2.29. The van der Waals surface area contributed by atoms with Crippen LogP contribution in [0.4, 0.5) is 0 Å². The van der Waals surface area contributed by atoms with E-state index < -0.39 is 5.54 Å². The quantitative estimate of drug-likeness (QED) is 0.856. The van der Waals surface area contributed by atoms with E-state index in [0.29, 0.717) is 11.5 Å². The lowest BCUT2D eigenvalue weighted by molar-refractivity contribution is -0.136. The number of hydrogen-bond acceptors (Lipinski definition) is 4. The average Bonchev–Trinajstić information content (AvgIpc) is 2.53. The number of nitrogens with one attached hydrogen (secondary N) is 1. The highest BCUT2D eigenvalue weighted by atomic mass is 32.1. The fourth-order valence-electron chi connectivity index (χ4n) is 2.69. The van der Waals surface area contributed by atoms with E-state index in [9.17, 15) is 4.79 Å². The van der Waals surface area contributed by atoms with Crippen LogP contribution in [0.3, 0.4) is 0 Å². The lowest BCUT2D eigenvalue weighted by atomic mass is 9.87. The molecule has 1 fully saturated rings. The lowest BCUT2D eigenvalue weighted by Gasteiger charge is -2.40. The Morgan fingerprint density at radius 3 is 2.73 bits per heavy atom. The molecular weight excluding hydrogens is 296 g/mol. The Hall–Kier alpha value is -2.34. The van der Waals surface area contributed by atoms with Crippen LogP contribution >= 0.6 is 12.2 Å². The van der Waals surface area contributed by atoms with E-state index in [-0.39, 0.29) is 5.91 Å². The fraction of sp³-hybridized carbons (Fsp3) is 0.250. The number of hydrogen-bond donors (Lipinski definition) is 1. The van der Waals surface area contributed by atoms with Crippen molar-refractivity contribution in [3.05, 3.63) is 48.5 Å². The number of amides is 1. The Labute approximate surface area is 134 Å². The minimum atomic E-state index is -0.851. The monoisotopic (exact) mass is 312 g/mol. The zero-order valence-electron chi connectivity index (χ0n) is 12.4. The molecule has 22 heavy (non-hydrogen) atoms. The Morgan fingerprint density at radius 2 is 2.00 bits per heavy atom. The van der Waals surface area contributed by atoms with Gasteiger partial charge in [-0.2, -0.15) is 0 Å². The van der Waals surface area contributed by atoms with Crippen LogP contribution in [0, 0.1) is 0 Å². The number of carbonyl (C=O) groups is 1. The van der Waals surface area contributed by atoms with Crippen molar-refractivity contribution < 1.29 is 4.79 Å². The van der Waals surface area contributed by atoms with Gasteiger partial charge in [0.2, 0.25) is 0 Å². The third-order valence-corrected chi connectivity index (χ3v) is 4.11. The summed E-state index contributed by atoms with van der Waals surface area (Å²) in [6.07, 6.45) is 5.00. The van der Waals surface area contributed by atoms with E-state index in [2.05, 4.69) is 15.3 Å². The van der Waals surface area contributed by atoms with Gasteiger partial charge in [0.05, 0.1) is 11.5 Å². The third-order valence-electron chi connectivity index (χ3n) is 3.88. The Kier molecular flexibility index (Phi) is 3.62. The minimum Gasteiger partial charge on any atom is -0.361 e. The van der Waals surface area contributed by atoms with Gasteiger partial charge in [-0.15, -0.1) is 0 Å². The summed E-state index contributed by atoms with van der Waals surface area (Å²) in [5, 5.41) is 3.18. The summed E-state index contributed by atoms with van der Waals surface area (Å²) >= 11 is 5.29. The molecule has 5 nitrogen and oxygen atoms in total. The first-order chi connectivity index (χ1) is 10.5. The normalized spacial score (nSPS) is 21.6. The number of likely N-dealkylation sites (N-methyl/N-ethyl adjacent to an activating group) is 1. The number of aromatic nitrogens is 2. The van der Waals surface area contributed by atoms with Gasteiger partial charge < -0.3 is 10.2 Å². The summed E-state index contributed by atoms with van der Waals surface area (Å²) < 4.78 is 0. The molecule has 1 amide bonds. The number of carbonyl (C=O) groups excluding carboxylic acids is 1. The predicted molar refractivity (Wildman–Crippen MR) is 88.2 cm³/mol. The van der Waals surface area contributed by atoms with Crippen LogP contribution in [0.2, 0.25) is 0 Å². The second kappa shape index (κ2) is 5.46. The largest absolute Gasteiger partial charge is 0.361 e. The van der Waals surface area contributed by atoms with Crippen molar-refractivity contribution in [3.8, 4) is 11.1 Å². The van der Waals surface area contributed by atoms with Crippen molar-refractivity contribution >= 4 is 23.1 Å². The molecule has 2 aromatic rings. The van der Waals surface area contributed by atoms with Crippen LogP contribution in [0.1, 0.15) is 12.5 Å². The molecule has 0 bridgehead atoms. The van der Waals surface area contributed by atoms with Gasteiger partial charge in [-0.05, 0) is 24.1 Å². The smallest absolute Gasteiger partial charge is 0.252 e. The summed E-state index contributed by atoms with van der Waals surface area (Å²) in [6, 6.07) is 7.81. The summed E-state index contributed by atoms with van der Waals surface area (Å²) in [7, 11) is 1.77.